The summed E-state index contributed by atoms with van der Waals surface area (Å²) in [6.45, 7) is 4.68. The standard InChI is InChI=1S/C68H123N2O6P/c1-6-8-10-12-14-16-18-20-22-24-26-27-28-29-30-31-32-33-34-35-36-37-38-39-40-41-42-43-44-46-48-50-52-54-56-58-60-62-68(72)69-66(65-76-77(73,74)75-64-63-70(3,4)5)67(71)61-59-57-55-53-51-49-47-45-25-23-21-19-17-15-13-11-9-7-2/h8,10,14,16,20,22,25-27,29-30,45,51,53,59,61,66-67,71H,6-7,9,11-13,15,17-19,21,23-24,28,31-44,46-50,52,54-58,60,62-65H2,1-5H3,(H-,69,72,73,74)/p+1/b10-8-,16-14-,22-20-,27-26-,30-29-,45-25+,53-51+,61-59+. The maximum atomic E-state index is 13.0. The largest absolute Gasteiger partial charge is 0.472 e. The first-order valence-electron chi connectivity index (χ1n) is 32.1. The number of nitrogens with zero attached hydrogens (tertiary/aromatic N) is 1. The van der Waals surface area contributed by atoms with E-state index < -0.39 is 20.0 Å². The monoisotopic (exact) mass is 1100 g/mol. The minimum atomic E-state index is -4.36. The molecule has 0 aromatic rings. The van der Waals surface area contributed by atoms with Gasteiger partial charge in [-0.1, -0.05) is 278 Å². The van der Waals surface area contributed by atoms with Crippen molar-refractivity contribution >= 4 is 13.7 Å². The molecular weight excluding hydrogens is 972 g/mol. The number of unbranched alkanes of at least 4 members (excludes halogenated alkanes) is 31. The van der Waals surface area contributed by atoms with Gasteiger partial charge in [0.2, 0.25) is 5.91 Å². The average molecular weight is 1100 g/mol. The molecule has 3 N–H and O–H groups in total. The number of likely N-dealkylation sites (N-methyl/N-ethyl adjacent to an activating group) is 1. The van der Waals surface area contributed by atoms with Crippen molar-refractivity contribution < 1.29 is 32.9 Å². The molecule has 0 fully saturated rings. The predicted octanol–water partition coefficient (Wildman–Crippen LogP) is 20.2. The second kappa shape index (κ2) is 58.1. The Labute approximate surface area is 477 Å². The van der Waals surface area contributed by atoms with Crippen LogP contribution in [-0.2, 0) is 18.4 Å². The zero-order chi connectivity index (χ0) is 56.3. The molecule has 0 aromatic carbocycles. The first kappa shape index (κ1) is 74.4. The zero-order valence-electron chi connectivity index (χ0n) is 50.9. The molecule has 446 valence electrons. The van der Waals surface area contributed by atoms with Crippen molar-refractivity contribution in [2.45, 2.75) is 289 Å². The number of aliphatic hydroxyl groups is 1. The number of phosphoric ester groups is 1. The zero-order valence-corrected chi connectivity index (χ0v) is 51.8. The molecule has 0 heterocycles. The molecule has 0 aliphatic heterocycles. The molecule has 0 aliphatic rings. The van der Waals surface area contributed by atoms with Crippen molar-refractivity contribution in [1.29, 1.82) is 0 Å². The number of nitrogens with one attached hydrogen (secondary N) is 1. The van der Waals surface area contributed by atoms with Crippen LogP contribution in [0, 0.1) is 0 Å². The van der Waals surface area contributed by atoms with Gasteiger partial charge in [0.05, 0.1) is 39.9 Å². The number of carbonyl (C=O) groups excluding carboxylic acids is 1. The SMILES string of the molecule is CC/C=C\C/C=C\C/C=C\C/C=C\C/C=C\CCCCCCCCCCCCCCCCCCCCCCCC(=O)NC(COP(=O)(O)OCC[N+](C)(C)C)C(O)/C=C/CC/C=C/CC/C=C/CCCCCCCCCC. The van der Waals surface area contributed by atoms with E-state index in [0.717, 1.165) is 77.0 Å². The van der Waals surface area contributed by atoms with Gasteiger partial charge in [-0.3, -0.25) is 13.8 Å². The van der Waals surface area contributed by atoms with Crippen LogP contribution < -0.4 is 5.32 Å². The molecule has 0 saturated carbocycles. The Morgan fingerprint density at radius 1 is 0.455 bits per heavy atom. The molecule has 8 nitrogen and oxygen atoms in total. The highest BCUT2D eigenvalue weighted by Crippen LogP contribution is 2.43. The van der Waals surface area contributed by atoms with Gasteiger partial charge in [0, 0.05) is 6.42 Å². The van der Waals surface area contributed by atoms with Gasteiger partial charge >= 0.3 is 7.82 Å². The lowest BCUT2D eigenvalue weighted by molar-refractivity contribution is -0.870. The van der Waals surface area contributed by atoms with Crippen LogP contribution in [0.1, 0.15) is 277 Å². The number of quaternary nitrogens is 1. The summed E-state index contributed by atoms with van der Waals surface area (Å²) in [7, 11) is 1.55. The fraction of sp³-hybridized carbons (Fsp3) is 0.750. The summed E-state index contributed by atoms with van der Waals surface area (Å²) in [6, 6.07) is -0.873. The van der Waals surface area contributed by atoms with Gasteiger partial charge in [-0.15, -0.1) is 0 Å². The Hall–Kier alpha value is -2.58. The van der Waals surface area contributed by atoms with Gasteiger partial charge in [-0.25, -0.2) is 4.57 Å². The van der Waals surface area contributed by atoms with E-state index in [2.05, 4.69) is 104 Å². The number of hydrogen-bond acceptors (Lipinski definition) is 5. The predicted molar refractivity (Wildman–Crippen MR) is 336 cm³/mol. The summed E-state index contributed by atoms with van der Waals surface area (Å²) in [6.07, 6.45) is 84.0. The Kier molecular flexibility index (Phi) is 56.1. The highest BCUT2D eigenvalue weighted by Gasteiger charge is 2.27. The van der Waals surface area contributed by atoms with Crippen LogP contribution in [0.3, 0.4) is 0 Å². The van der Waals surface area contributed by atoms with Gasteiger partial charge in [0.1, 0.15) is 13.2 Å². The smallest absolute Gasteiger partial charge is 0.387 e. The van der Waals surface area contributed by atoms with Gasteiger partial charge in [0.25, 0.3) is 0 Å². The maximum Gasteiger partial charge on any atom is 0.472 e. The average Bonchev–Trinajstić information content (AvgIpc) is 3.39. The summed E-state index contributed by atoms with van der Waals surface area (Å²) in [5.74, 6) is -0.190. The third-order valence-electron chi connectivity index (χ3n) is 14.0. The van der Waals surface area contributed by atoms with Crippen LogP contribution in [0.15, 0.2) is 97.2 Å². The summed E-state index contributed by atoms with van der Waals surface area (Å²) in [5.41, 5.74) is 0. The quantitative estimate of drug-likeness (QED) is 0.0243. The Balaban J connectivity index is 4.05. The van der Waals surface area contributed by atoms with E-state index in [1.165, 1.54) is 180 Å². The topological polar surface area (TPSA) is 105 Å². The number of phosphoric acid groups is 1. The fourth-order valence-electron chi connectivity index (χ4n) is 9.04. The number of allylic oxidation sites excluding steroid dienone is 15. The van der Waals surface area contributed by atoms with E-state index >= 15 is 0 Å². The summed E-state index contributed by atoms with van der Waals surface area (Å²) >= 11 is 0. The van der Waals surface area contributed by atoms with Crippen LogP contribution in [-0.4, -0.2) is 73.4 Å². The summed E-state index contributed by atoms with van der Waals surface area (Å²) < 4.78 is 23.7. The number of carbonyl (C=O) groups is 1. The third kappa shape index (κ3) is 60.9. The highest BCUT2D eigenvalue weighted by atomic mass is 31.2. The minimum Gasteiger partial charge on any atom is -0.387 e. The van der Waals surface area contributed by atoms with Crippen molar-refractivity contribution in [3.05, 3.63) is 97.2 Å². The lowest BCUT2D eigenvalue weighted by atomic mass is 10.0. The molecule has 0 saturated heterocycles. The van der Waals surface area contributed by atoms with E-state index in [-0.39, 0.29) is 19.1 Å². The van der Waals surface area contributed by atoms with E-state index in [9.17, 15) is 19.4 Å². The van der Waals surface area contributed by atoms with Crippen LogP contribution in [0.5, 0.6) is 0 Å². The Bertz CT molecular complexity index is 1570. The Morgan fingerprint density at radius 3 is 1.19 bits per heavy atom. The van der Waals surface area contributed by atoms with Crippen molar-refractivity contribution in [3.8, 4) is 0 Å². The molecule has 0 aromatic heterocycles. The lowest BCUT2D eigenvalue weighted by Gasteiger charge is -2.25. The van der Waals surface area contributed by atoms with Crippen molar-refractivity contribution in [2.24, 2.45) is 0 Å². The van der Waals surface area contributed by atoms with Crippen LogP contribution in [0.4, 0.5) is 0 Å². The van der Waals surface area contributed by atoms with Crippen molar-refractivity contribution in [1.82, 2.24) is 5.32 Å². The van der Waals surface area contributed by atoms with E-state index in [1.54, 1.807) is 6.08 Å². The maximum absolute atomic E-state index is 13.0. The minimum absolute atomic E-state index is 0.0517. The number of hydrogen-bond donors (Lipinski definition) is 3. The van der Waals surface area contributed by atoms with Crippen molar-refractivity contribution in [3.63, 3.8) is 0 Å². The lowest BCUT2D eigenvalue weighted by Crippen LogP contribution is -2.45. The highest BCUT2D eigenvalue weighted by molar-refractivity contribution is 7.47. The third-order valence-corrected chi connectivity index (χ3v) is 15.0. The molecule has 9 heteroatoms. The first-order chi connectivity index (χ1) is 37.5. The van der Waals surface area contributed by atoms with Gasteiger partial charge in [-0.2, -0.15) is 0 Å². The molecule has 0 spiro atoms. The molecule has 3 atom stereocenters. The van der Waals surface area contributed by atoms with Crippen LogP contribution in [0.25, 0.3) is 0 Å². The molecule has 1 amide bonds. The molecular formula is C68H124N2O6P+. The summed E-state index contributed by atoms with van der Waals surface area (Å²) in [5, 5.41) is 13.9. The van der Waals surface area contributed by atoms with Crippen LogP contribution in [0.2, 0.25) is 0 Å². The first-order valence-corrected chi connectivity index (χ1v) is 33.6. The second-order valence-electron chi connectivity index (χ2n) is 22.7. The second-order valence-corrected chi connectivity index (χ2v) is 24.2. The number of rotatable bonds is 58. The normalized spacial score (nSPS) is 14.4. The molecule has 0 radical (unpaired) electrons. The molecule has 0 bridgehead atoms. The fourth-order valence-corrected chi connectivity index (χ4v) is 9.78. The number of amides is 1. The molecule has 0 aliphatic carbocycles. The molecule has 77 heavy (non-hydrogen) atoms. The molecule has 0 rings (SSSR count). The Morgan fingerprint density at radius 2 is 0.792 bits per heavy atom. The van der Waals surface area contributed by atoms with Crippen molar-refractivity contribution in [2.75, 3.05) is 40.9 Å². The molecule has 3 unspecified atom stereocenters. The van der Waals surface area contributed by atoms with E-state index in [0.29, 0.717) is 17.4 Å². The van der Waals surface area contributed by atoms with E-state index in [4.69, 9.17) is 9.05 Å². The summed E-state index contributed by atoms with van der Waals surface area (Å²) in [4.78, 5) is 23.3. The van der Waals surface area contributed by atoms with E-state index in [1.807, 2.05) is 27.2 Å². The van der Waals surface area contributed by atoms with Gasteiger partial charge in [-0.05, 0) is 89.9 Å². The van der Waals surface area contributed by atoms with Gasteiger partial charge < -0.3 is 19.8 Å². The van der Waals surface area contributed by atoms with Gasteiger partial charge in [0.15, 0.2) is 0 Å². The van der Waals surface area contributed by atoms with Crippen LogP contribution >= 0.6 is 7.82 Å². The number of aliphatic hydroxyl groups excluding tert-OH is 1.